The molecule has 0 aliphatic carbocycles. The minimum absolute atomic E-state index is 0. The Bertz CT molecular complexity index is 791. The Balaban J connectivity index is 0.00000196. The third-order valence-electron chi connectivity index (χ3n) is 4.98. The van der Waals surface area contributed by atoms with E-state index >= 15 is 0 Å². The van der Waals surface area contributed by atoms with Crippen LogP contribution < -0.4 is 10.1 Å². The van der Waals surface area contributed by atoms with Gasteiger partial charge < -0.3 is 15.0 Å². The molecular weight excluding hydrogens is 371 g/mol. The van der Waals surface area contributed by atoms with E-state index in [1.807, 2.05) is 41.3 Å². The number of hydrogen-bond donors (Lipinski definition) is 1. The predicted octanol–water partition coefficient (Wildman–Crippen LogP) is 3.87. The summed E-state index contributed by atoms with van der Waals surface area (Å²) in [5, 5.41) is 4.05. The van der Waals surface area contributed by atoms with Crippen LogP contribution in [0.15, 0.2) is 42.5 Å². The summed E-state index contributed by atoms with van der Waals surface area (Å²) in [5.74, 6) is 1.29. The molecule has 2 aromatic rings. The number of hydrogen-bond acceptors (Lipinski definition) is 3. The lowest BCUT2D eigenvalue weighted by atomic mass is 9.93. The lowest BCUT2D eigenvalue weighted by Gasteiger charge is -2.23. The van der Waals surface area contributed by atoms with Crippen LogP contribution >= 0.6 is 24.0 Å². The number of amides is 1. The van der Waals surface area contributed by atoms with Gasteiger partial charge in [-0.1, -0.05) is 29.8 Å². The lowest BCUT2D eigenvalue weighted by Crippen LogP contribution is -2.33. The van der Waals surface area contributed by atoms with Gasteiger partial charge in [0, 0.05) is 29.2 Å². The fourth-order valence-corrected chi connectivity index (χ4v) is 3.87. The molecule has 0 aromatic heterocycles. The largest absolute Gasteiger partial charge is 0.491 e. The van der Waals surface area contributed by atoms with Gasteiger partial charge in [-0.05, 0) is 48.7 Å². The van der Waals surface area contributed by atoms with Gasteiger partial charge in [-0.3, -0.25) is 4.79 Å². The molecule has 4 nitrogen and oxygen atoms in total. The Kier molecular flexibility index (Phi) is 6.07. The van der Waals surface area contributed by atoms with E-state index in [0.29, 0.717) is 30.6 Å². The first kappa shape index (κ1) is 19.0. The van der Waals surface area contributed by atoms with Crippen molar-refractivity contribution < 1.29 is 9.53 Å². The highest BCUT2D eigenvalue weighted by Gasteiger charge is 2.26. The van der Waals surface area contributed by atoms with Crippen LogP contribution in [-0.2, 0) is 6.54 Å². The van der Waals surface area contributed by atoms with E-state index in [9.17, 15) is 4.79 Å². The van der Waals surface area contributed by atoms with E-state index in [-0.39, 0.29) is 18.3 Å². The quantitative estimate of drug-likeness (QED) is 0.842. The molecule has 2 aliphatic rings. The minimum Gasteiger partial charge on any atom is -0.491 e. The monoisotopic (exact) mass is 392 g/mol. The third-order valence-corrected chi connectivity index (χ3v) is 5.22. The van der Waals surface area contributed by atoms with Crippen molar-refractivity contribution in [1.82, 2.24) is 10.2 Å². The van der Waals surface area contributed by atoms with Gasteiger partial charge in [-0.25, -0.2) is 0 Å². The molecule has 1 unspecified atom stereocenters. The number of rotatable bonds is 2. The first-order chi connectivity index (χ1) is 12.2. The average molecular weight is 393 g/mol. The van der Waals surface area contributed by atoms with Crippen molar-refractivity contribution in [3.05, 3.63) is 64.2 Å². The predicted molar refractivity (Wildman–Crippen MR) is 106 cm³/mol. The van der Waals surface area contributed by atoms with Gasteiger partial charge in [0.25, 0.3) is 5.91 Å². The molecule has 2 aliphatic heterocycles. The number of fused-ring (bicyclic) bond motifs is 1. The molecule has 0 radical (unpaired) electrons. The Hall–Kier alpha value is -1.75. The number of nitrogens with zero attached hydrogens (tertiary/aromatic N) is 1. The van der Waals surface area contributed by atoms with Gasteiger partial charge in [-0.15, -0.1) is 12.4 Å². The summed E-state index contributed by atoms with van der Waals surface area (Å²) in [6, 6.07) is 13.6. The van der Waals surface area contributed by atoms with Crippen molar-refractivity contribution in [2.24, 2.45) is 0 Å². The normalized spacial score (nSPS) is 19.1. The molecule has 2 aromatic carbocycles. The highest BCUT2D eigenvalue weighted by Crippen LogP contribution is 2.29. The fourth-order valence-electron chi connectivity index (χ4n) is 3.67. The Morgan fingerprint density at radius 1 is 1.23 bits per heavy atom. The Labute approximate surface area is 164 Å². The number of halogens is 2. The van der Waals surface area contributed by atoms with Gasteiger partial charge in [-0.2, -0.15) is 0 Å². The van der Waals surface area contributed by atoms with E-state index in [2.05, 4.69) is 11.4 Å². The minimum atomic E-state index is 0. The number of carbonyl (C=O) groups is 1. The maximum Gasteiger partial charge on any atom is 0.254 e. The molecule has 1 N–H and O–H groups in total. The highest BCUT2D eigenvalue weighted by atomic mass is 35.5. The second kappa shape index (κ2) is 8.30. The molecule has 1 amide bonds. The van der Waals surface area contributed by atoms with Gasteiger partial charge in [0.1, 0.15) is 12.4 Å². The Morgan fingerprint density at radius 2 is 2.08 bits per heavy atom. The highest BCUT2D eigenvalue weighted by molar-refractivity contribution is 6.30. The first-order valence-electron chi connectivity index (χ1n) is 8.72. The second-order valence-corrected chi connectivity index (χ2v) is 7.04. The topological polar surface area (TPSA) is 41.6 Å². The van der Waals surface area contributed by atoms with Crippen molar-refractivity contribution in [2.45, 2.75) is 18.9 Å². The smallest absolute Gasteiger partial charge is 0.254 e. The maximum absolute atomic E-state index is 13.2. The molecule has 0 saturated carbocycles. The molecule has 1 fully saturated rings. The first-order valence-corrected chi connectivity index (χ1v) is 9.10. The van der Waals surface area contributed by atoms with Gasteiger partial charge in [0.15, 0.2) is 0 Å². The van der Waals surface area contributed by atoms with Crippen LogP contribution in [0.1, 0.15) is 33.8 Å². The van der Waals surface area contributed by atoms with Crippen LogP contribution in [0.4, 0.5) is 0 Å². The molecule has 0 bridgehead atoms. The zero-order chi connectivity index (χ0) is 17.2. The molecule has 0 spiro atoms. The number of benzene rings is 2. The van der Waals surface area contributed by atoms with Crippen molar-refractivity contribution in [1.29, 1.82) is 0 Å². The molecule has 4 rings (SSSR count). The van der Waals surface area contributed by atoms with E-state index in [1.54, 1.807) is 0 Å². The standard InChI is InChI=1S/C20H21ClN2O2.ClH/c21-16-5-6-19-15(11-16)13-23(9-10-25-19)20(24)18-4-2-1-3-17(18)14-7-8-22-12-14;/h1-6,11,14,22H,7-10,12-13H2;1H. The van der Waals surface area contributed by atoms with Gasteiger partial charge >= 0.3 is 0 Å². The molecule has 138 valence electrons. The van der Waals surface area contributed by atoms with Gasteiger partial charge in [0.05, 0.1) is 6.54 Å². The summed E-state index contributed by atoms with van der Waals surface area (Å²) in [5.41, 5.74) is 2.91. The van der Waals surface area contributed by atoms with E-state index < -0.39 is 0 Å². The van der Waals surface area contributed by atoms with Crippen LogP contribution in [-0.4, -0.2) is 37.0 Å². The summed E-state index contributed by atoms with van der Waals surface area (Å²) in [6.45, 7) is 3.53. The zero-order valence-corrected chi connectivity index (χ0v) is 16.0. The summed E-state index contributed by atoms with van der Waals surface area (Å²) in [6.07, 6.45) is 1.08. The number of carbonyl (C=O) groups excluding carboxylic acids is 1. The van der Waals surface area contributed by atoms with Crippen LogP contribution in [0.3, 0.4) is 0 Å². The summed E-state index contributed by atoms with van der Waals surface area (Å²) >= 11 is 6.12. The van der Waals surface area contributed by atoms with Gasteiger partial charge in [0.2, 0.25) is 0 Å². The molecule has 1 atom stereocenters. The van der Waals surface area contributed by atoms with E-state index in [1.165, 1.54) is 0 Å². The van der Waals surface area contributed by atoms with Crippen LogP contribution in [0.25, 0.3) is 0 Å². The molecule has 2 heterocycles. The summed E-state index contributed by atoms with van der Waals surface area (Å²) in [7, 11) is 0. The van der Waals surface area contributed by atoms with Crippen LogP contribution in [0, 0.1) is 0 Å². The second-order valence-electron chi connectivity index (χ2n) is 6.60. The number of ether oxygens (including phenoxy) is 1. The van der Waals surface area contributed by atoms with Crippen molar-refractivity contribution in [2.75, 3.05) is 26.2 Å². The number of nitrogens with one attached hydrogen (secondary N) is 1. The van der Waals surface area contributed by atoms with E-state index in [4.69, 9.17) is 16.3 Å². The van der Waals surface area contributed by atoms with Crippen molar-refractivity contribution in [3.8, 4) is 5.75 Å². The molecule has 6 heteroatoms. The Morgan fingerprint density at radius 3 is 2.88 bits per heavy atom. The van der Waals surface area contributed by atoms with Crippen molar-refractivity contribution in [3.63, 3.8) is 0 Å². The summed E-state index contributed by atoms with van der Waals surface area (Å²) < 4.78 is 5.79. The molecule has 1 saturated heterocycles. The zero-order valence-electron chi connectivity index (χ0n) is 14.4. The molecular formula is C20H22Cl2N2O2. The van der Waals surface area contributed by atoms with Crippen molar-refractivity contribution >= 4 is 29.9 Å². The average Bonchev–Trinajstić information content (AvgIpc) is 3.08. The summed E-state index contributed by atoms with van der Waals surface area (Å²) in [4.78, 5) is 15.1. The lowest BCUT2D eigenvalue weighted by molar-refractivity contribution is 0.0731. The SMILES string of the molecule is Cl.O=C(c1ccccc1C1CCNC1)N1CCOc2ccc(Cl)cc2C1. The molecule has 26 heavy (non-hydrogen) atoms. The maximum atomic E-state index is 13.2. The van der Waals surface area contributed by atoms with Crippen LogP contribution in [0.5, 0.6) is 5.75 Å². The third kappa shape index (κ3) is 3.83. The van der Waals surface area contributed by atoms with E-state index in [0.717, 1.165) is 42.0 Å². The fraction of sp³-hybridized carbons (Fsp3) is 0.350. The van der Waals surface area contributed by atoms with Crippen LogP contribution in [0.2, 0.25) is 5.02 Å².